The van der Waals surface area contributed by atoms with Crippen LogP contribution in [-0.2, 0) is 18.6 Å². The van der Waals surface area contributed by atoms with Crippen LogP contribution in [0.25, 0.3) is 0 Å². The first-order valence-corrected chi connectivity index (χ1v) is 11.9. The third kappa shape index (κ3) is 6.70. The average molecular weight is 489 g/mol. The summed E-state index contributed by atoms with van der Waals surface area (Å²) in [4.78, 5) is 0. The molecule has 0 aliphatic rings. The Kier molecular flexibility index (Phi) is 8.91. The minimum absolute atomic E-state index is 0.0938. The molecule has 0 saturated heterocycles. The number of ether oxygens (including phenoxy) is 2. The average Bonchev–Trinajstić information content (AvgIpc) is 3.29. The van der Waals surface area contributed by atoms with E-state index in [-0.39, 0.29) is 24.3 Å². The molecule has 1 heterocycles. The Hall–Kier alpha value is -2.64. The number of hydrogen-bond donors (Lipinski definition) is 1. The van der Waals surface area contributed by atoms with Crippen molar-refractivity contribution in [1.29, 1.82) is 0 Å². The number of aliphatic hydroxyl groups is 1. The monoisotopic (exact) mass is 488 g/mol. The van der Waals surface area contributed by atoms with Crippen LogP contribution < -0.4 is 9.47 Å². The highest BCUT2D eigenvalue weighted by molar-refractivity contribution is 6.18. The van der Waals surface area contributed by atoms with Crippen molar-refractivity contribution in [3.05, 3.63) is 71.0 Å². The zero-order chi connectivity index (χ0) is 24.7. The highest BCUT2D eigenvalue weighted by Gasteiger charge is 2.24. The molecule has 0 fully saturated rings. The molecular weight excluding hydrogens is 456 g/mol. The van der Waals surface area contributed by atoms with E-state index in [0.717, 1.165) is 16.9 Å². The number of hydrogen-bond acceptors (Lipinski definition) is 5. The molecule has 34 heavy (non-hydrogen) atoms. The molecule has 1 aromatic heterocycles. The molecule has 8 heteroatoms. The summed E-state index contributed by atoms with van der Waals surface area (Å²) in [7, 11) is 0. The summed E-state index contributed by atoms with van der Waals surface area (Å²) in [5, 5.41) is 17.6. The Labute approximate surface area is 205 Å². The van der Waals surface area contributed by atoms with E-state index in [1.807, 2.05) is 30.3 Å². The van der Waals surface area contributed by atoms with Crippen molar-refractivity contribution < 1.29 is 19.0 Å². The molecule has 0 aliphatic carbocycles. The predicted molar refractivity (Wildman–Crippen MR) is 131 cm³/mol. The second-order valence-electron chi connectivity index (χ2n) is 9.23. The van der Waals surface area contributed by atoms with E-state index in [0.29, 0.717) is 24.2 Å². The van der Waals surface area contributed by atoms with Gasteiger partial charge in [0, 0.05) is 17.2 Å². The molecule has 0 radical (unpaired) electrons. The van der Waals surface area contributed by atoms with Crippen LogP contribution in [-0.4, -0.2) is 45.3 Å². The molecule has 6 nitrogen and oxygen atoms in total. The Morgan fingerprint density at radius 2 is 1.79 bits per heavy atom. The number of benzene rings is 2. The molecule has 2 aromatic carbocycles. The van der Waals surface area contributed by atoms with Crippen molar-refractivity contribution in [1.82, 2.24) is 15.0 Å². The van der Waals surface area contributed by atoms with Crippen LogP contribution in [0.3, 0.4) is 0 Å². The first-order chi connectivity index (χ1) is 16.2. The fourth-order valence-electron chi connectivity index (χ4n) is 3.56. The van der Waals surface area contributed by atoms with E-state index in [2.05, 4.69) is 50.1 Å². The summed E-state index contributed by atoms with van der Waals surface area (Å²) in [6.45, 7) is 8.68. The number of alkyl halides is 2. The van der Waals surface area contributed by atoms with Crippen LogP contribution >= 0.6 is 11.6 Å². The number of nitrogens with zero attached hydrogens (tertiary/aromatic N) is 3. The number of halogens is 2. The van der Waals surface area contributed by atoms with Crippen molar-refractivity contribution in [2.75, 3.05) is 19.1 Å². The van der Waals surface area contributed by atoms with Gasteiger partial charge >= 0.3 is 0 Å². The van der Waals surface area contributed by atoms with Gasteiger partial charge in [-0.1, -0.05) is 50.3 Å². The summed E-state index contributed by atoms with van der Waals surface area (Å²) in [6, 6.07) is 14.2. The van der Waals surface area contributed by atoms with Crippen LogP contribution in [0.4, 0.5) is 4.39 Å². The molecule has 0 aliphatic heterocycles. The molecule has 2 unspecified atom stereocenters. The highest BCUT2D eigenvalue weighted by Crippen LogP contribution is 2.34. The second-order valence-corrected chi connectivity index (χ2v) is 9.54. The van der Waals surface area contributed by atoms with E-state index in [9.17, 15) is 9.50 Å². The van der Waals surface area contributed by atoms with Gasteiger partial charge in [0.15, 0.2) is 0 Å². The minimum atomic E-state index is -0.790. The summed E-state index contributed by atoms with van der Waals surface area (Å²) in [5.41, 5.74) is 3.45. The summed E-state index contributed by atoms with van der Waals surface area (Å²) in [5.74, 6) is 2.42. The lowest BCUT2D eigenvalue weighted by Crippen LogP contribution is -2.24. The van der Waals surface area contributed by atoms with Crippen LogP contribution in [0.5, 0.6) is 11.5 Å². The largest absolute Gasteiger partial charge is 0.493 e. The van der Waals surface area contributed by atoms with E-state index in [1.54, 1.807) is 0 Å². The molecule has 1 N–H and O–H groups in total. The zero-order valence-electron chi connectivity index (χ0n) is 20.2. The Balaban J connectivity index is 1.59. The van der Waals surface area contributed by atoms with Gasteiger partial charge in [0.05, 0.1) is 19.3 Å². The fraction of sp³-hybridized carbons (Fsp3) is 0.462. The zero-order valence-corrected chi connectivity index (χ0v) is 20.9. The molecule has 0 saturated carbocycles. The van der Waals surface area contributed by atoms with Crippen LogP contribution in [0, 0.1) is 12.8 Å². The highest BCUT2D eigenvalue weighted by atomic mass is 35.5. The van der Waals surface area contributed by atoms with Crippen molar-refractivity contribution in [3.63, 3.8) is 0 Å². The maximum absolute atomic E-state index is 12.6. The molecule has 0 amide bonds. The van der Waals surface area contributed by atoms with Gasteiger partial charge in [0.25, 0.3) is 0 Å². The third-order valence-corrected chi connectivity index (χ3v) is 6.35. The maximum Gasteiger partial charge on any atom is 0.135 e. The summed E-state index contributed by atoms with van der Waals surface area (Å²) in [6.07, 6.45) is 0.683. The molecule has 0 spiro atoms. The Morgan fingerprint density at radius 3 is 2.41 bits per heavy atom. The molecule has 0 bridgehead atoms. The van der Waals surface area contributed by atoms with Gasteiger partial charge in [-0.2, -0.15) is 0 Å². The first-order valence-electron chi connectivity index (χ1n) is 11.4. The van der Waals surface area contributed by atoms with Gasteiger partial charge in [-0.05, 0) is 41.8 Å². The predicted octanol–water partition coefficient (Wildman–Crippen LogP) is 5.08. The van der Waals surface area contributed by atoms with Gasteiger partial charge < -0.3 is 14.6 Å². The molecule has 184 valence electrons. The topological polar surface area (TPSA) is 69.4 Å². The normalized spacial score (nSPS) is 13.5. The van der Waals surface area contributed by atoms with Crippen molar-refractivity contribution in [2.45, 2.75) is 52.4 Å². The van der Waals surface area contributed by atoms with Crippen LogP contribution in [0.1, 0.15) is 43.2 Å². The number of rotatable bonds is 12. The van der Waals surface area contributed by atoms with Crippen molar-refractivity contribution in [2.24, 2.45) is 5.92 Å². The van der Waals surface area contributed by atoms with Gasteiger partial charge in [-0.25, -0.2) is 9.07 Å². The lowest BCUT2D eigenvalue weighted by Gasteiger charge is -2.27. The van der Waals surface area contributed by atoms with Crippen LogP contribution in [0.15, 0.2) is 48.7 Å². The van der Waals surface area contributed by atoms with Gasteiger partial charge in [0.2, 0.25) is 0 Å². The second kappa shape index (κ2) is 11.7. The SMILES string of the molecule is Cc1cc(C(C)(C)c2ccc(OCC(O)Cn3cc(C[18F])nn3)cc2)ccc1OCC(C)CCl. The number of aromatic nitrogens is 3. The molecule has 3 aromatic rings. The molecule has 2 atom stereocenters. The summed E-state index contributed by atoms with van der Waals surface area (Å²) >= 11 is 5.88. The maximum atomic E-state index is 12.6. The van der Waals surface area contributed by atoms with E-state index in [1.165, 1.54) is 16.4 Å². The first kappa shape index (κ1) is 26.0. The van der Waals surface area contributed by atoms with E-state index >= 15 is 0 Å². The molecular formula is C26H33ClFN3O3. The van der Waals surface area contributed by atoms with Gasteiger partial charge in [0.1, 0.15) is 36.6 Å². The smallest absolute Gasteiger partial charge is 0.135 e. The lowest BCUT2D eigenvalue weighted by atomic mass is 9.77. The summed E-state index contributed by atoms with van der Waals surface area (Å²) < 4.78 is 25.6. The van der Waals surface area contributed by atoms with E-state index in [4.69, 9.17) is 21.1 Å². The lowest BCUT2D eigenvalue weighted by molar-refractivity contribution is 0.0888. The van der Waals surface area contributed by atoms with Gasteiger partial charge in [-0.3, -0.25) is 0 Å². The third-order valence-electron chi connectivity index (χ3n) is 5.82. The standard InChI is InChI=1S/C26H33ClFN3O3/c1-18(12-27)16-34-25-10-7-21(11-19(25)2)26(3,4)20-5-8-24(9-6-20)33-17-23(32)15-31-14-22(13-28)29-30-31/h5-11,14,18,23,32H,12-13,15-17H2,1-4H3/i28-1. The Bertz CT molecular complexity index is 1060. The van der Waals surface area contributed by atoms with Crippen molar-refractivity contribution >= 4 is 11.6 Å². The van der Waals surface area contributed by atoms with E-state index < -0.39 is 12.8 Å². The Morgan fingerprint density at radius 1 is 1.09 bits per heavy atom. The molecule has 3 rings (SSSR count). The van der Waals surface area contributed by atoms with Crippen molar-refractivity contribution in [3.8, 4) is 11.5 Å². The quantitative estimate of drug-likeness (QED) is 0.360. The number of aryl methyl sites for hydroxylation is 1. The van der Waals surface area contributed by atoms with Crippen LogP contribution in [0.2, 0.25) is 0 Å². The minimum Gasteiger partial charge on any atom is -0.493 e. The van der Waals surface area contributed by atoms with Gasteiger partial charge in [-0.15, -0.1) is 16.7 Å². The number of aliphatic hydroxyl groups excluding tert-OH is 1. The fourth-order valence-corrected chi connectivity index (χ4v) is 3.65.